The van der Waals surface area contributed by atoms with Crippen molar-refractivity contribution < 1.29 is 14.3 Å². The first-order valence-electron chi connectivity index (χ1n) is 7.68. The Bertz CT molecular complexity index is 767. The molecule has 5 heteroatoms. The van der Waals surface area contributed by atoms with Gasteiger partial charge in [-0.15, -0.1) is 0 Å². The molecule has 0 aliphatic carbocycles. The van der Waals surface area contributed by atoms with E-state index in [1.165, 1.54) is 0 Å². The van der Waals surface area contributed by atoms with Gasteiger partial charge in [-0.2, -0.15) is 0 Å². The largest absolute Gasteiger partial charge is 0.484 e. The van der Waals surface area contributed by atoms with E-state index in [-0.39, 0.29) is 12.5 Å². The first-order valence-corrected chi connectivity index (χ1v) is 7.68. The van der Waals surface area contributed by atoms with Crippen molar-refractivity contribution in [1.82, 2.24) is 4.90 Å². The summed E-state index contributed by atoms with van der Waals surface area (Å²) in [5.41, 5.74) is 7.87. The van der Waals surface area contributed by atoms with Crippen LogP contribution in [0.5, 0.6) is 5.75 Å². The van der Waals surface area contributed by atoms with Crippen LogP contribution in [-0.4, -0.2) is 36.4 Å². The number of carbonyl (C=O) groups excluding carboxylic acids is 2. The summed E-state index contributed by atoms with van der Waals surface area (Å²) in [4.78, 5) is 25.0. The van der Waals surface area contributed by atoms with Gasteiger partial charge < -0.3 is 15.4 Å². The van der Waals surface area contributed by atoms with Crippen LogP contribution < -0.4 is 10.5 Å². The highest BCUT2D eigenvalue weighted by atomic mass is 16.5. The standard InChI is InChI=1S/C19H18N2O3/c20-19(23)15-6-8-17(9-7-15)24-13-18(22)21-11-10-16(12-21)14-4-2-1-3-5-14/h1-10H,11-13H2,(H2,20,23). The molecule has 2 aromatic carbocycles. The number of amides is 2. The zero-order valence-electron chi connectivity index (χ0n) is 13.1. The van der Waals surface area contributed by atoms with Gasteiger partial charge in [-0.3, -0.25) is 9.59 Å². The van der Waals surface area contributed by atoms with Crippen LogP contribution in [0.1, 0.15) is 15.9 Å². The number of hydrogen-bond donors (Lipinski definition) is 1. The Labute approximate surface area is 140 Å². The summed E-state index contributed by atoms with van der Waals surface area (Å²) in [6, 6.07) is 16.4. The van der Waals surface area contributed by atoms with E-state index in [1.54, 1.807) is 29.2 Å². The number of hydrogen-bond acceptors (Lipinski definition) is 3. The quantitative estimate of drug-likeness (QED) is 0.916. The number of nitrogens with zero attached hydrogens (tertiary/aromatic N) is 1. The lowest BCUT2D eigenvalue weighted by atomic mass is 10.1. The molecule has 2 amide bonds. The van der Waals surface area contributed by atoms with Gasteiger partial charge in [0.1, 0.15) is 5.75 Å². The molecular weight excluding hydrogens is 304 g/mol. The van der Waals surface area contributed by atoms with Gasteiger partial charge in [0.05, 0.1) is 0 Å². The molecule has 0 saturated heterocycles. The van der Waals surface area contributed by atoms with Crippen molar-refractivity contribution in [3.63, 3.8) is 0 Å². The number of primary amides is 1. The summed E-state index contributed by atoms with van der Waals surface area (Å²) < 4.78 is 5.49. The molecule has 1 aliphatic rings. The van der Waals surface area contributed by atoms with Crippen LogP contribution in [0.2, 0.25) is 0 Å². The molecule has 0 spiro atoms. The molecule has 0 bridgehead atoms. The molecule has 24 heavy (non-hydrogen) atoms. The number of carbonyl (C=O) groups is 2. The molecule has 3 rings (SSSR count). The Morgan fingerprint density at radius 1 is 1.04 bits per heavy atom. The normalized spacial score (nSPS) is 13.5. The summed E-state index contributed by atoms with van der Waals surface area (Å²) in [7, 11) is 0. The zero-order valence-corrected chi connectivity index (χ0v) is 13.1. The van der Waals surface area contributed by atoms with Crippen molar-refractivity contribution in [1.29, 1.82) is 0 Å². The lowest BCUT2D eigenvalue weighted by Gasteiger charge is -2.17. The van der Waals surface area contributed by atoms with E-state index in [0.717, 1.165) is 11.1 Å². The minimum Gasteiger partial charge on any atom is -0.484 e. The Morgan fingerprint density at radius 2 is 1.75 bits per heavy atom. The molecule has 0 aromatic heterocycles. The van der Waals surface area contributed by atoms with Crippen molar-refractivity contribution in [2.45, 2.75) is 0 Å². The Morgan fingerprint density at radius 3 is 2.42 bits per heavy atom. The Balaban J connectivity index is 1.52. The van der Waals surface area contributed by atoms with E-state index >= 15 is 0 Å². The van der Waals surface area contributed by atoms with Crippen LogP contribution in [0.15, 0.2) is 60.7 Å². The minimum absolute atomic E-state index is 0.0359. The van der Waals surface area contributed by atoms with Crippen molar-refractivity contribution in [2.75, 3.05) is 19.7 Å². The van der Waals surface area contributed by atoms with E-state index in [9.17, 15) is 9.59 Å². The molecular formula is C19H18N2O3. The maximum Gasteiger partial charge on any atom is 0.261 e. The van der Waals surface area contributed by atoms with Crippen LogP contribution in [0.25, 0.3) is 5.57 Å². The highest BCUT2D eigenvalue weighted by molar-refractivity contribution is 5.92. The predicted molar refractivity (Wildman–Crippen MR) is 91.5 cm³/mol. The zero-order chi connectivity index (χ0) is 16.9. The second-order valence-corrected chi connectivity index (χ2v) is 5.55. The van der Waals surface area contributed by atoms with Gasteiger partial charge in [-0.1, -0.05) is 36.4 Å². The summed E-state index contributed by atoms with van der Waals surface area (Å²) in [5, 5.41) is 0. The fourth-order valence-corrected chi connectivity index (χ4v) is 2.56. The smallest absolute Gasteiger partial charge is 0.261 e. The molecule has 122 valence electrons. The molecule has 0 saturated carbocycles. The molecule has 0 atom stereocenters. The second kappa shape index (κ2) is 7.00. The van der Waals surface area contributed by atoms with Crippen LogP contribution in [-0.2, 0) is 4.79 Å². The topological polar surface area (TPSA) is 72.6 Å². The summed E-state index contributed by atoms with van der Waals surface area (Å²) in [6.45, 7) is 1.14. The fourth-order valence-electron chi connectivity index (χ4n) is 2.56. The summed E-state index contributed by atoms with van der Waals surface area (Å²) in [5.74, 6) is -0.0332. The van der Waals surface area contributed by atoms with Crippen molar-refractivity contribution in [3.8, 4) is 5.75 Å². The minimum atomic E-state index is -0.491. The van der Waals surface area contributed by atoms with E-state index in [0.29, 0.717) is 24.4 Å². The molecule has 2 N–H and O–H groups in total. The van der Waals surface area contributed by atoms with Crippen molar-refractivity contribution in [3.05, 3.63) is 71.8 Å². The van der Waals surface area contributed by atoms with E-state index in [1.807, 2.05) is 30.3 Å². The van der Waals surface area contributed by atoms with Gasteiger partial charge in [0, 0.05) is 18.7 Å². The van der Waals surface area contributed by atoms with Gasteiger partial charge in [0.25, 0.3) is 5.91 Å². The number of ether oxygens (including phenoxy) is 1. The van der Waals surface area contributed by atoms with Gasteiger partial charge in [0.15, 0.2) is 6.61 Å². The molecule has 0 fully saturated rings. The predicted octanol–water partition coefficient (Wildman–Crippen LogP) is 2.09. The maximum absolute atomic E-state index is 12.3. The highest BCUT2D eigenvalue weighted by Gasteiger charge is 2.20. The van der Waals surface area contributed by atoms with E-state index < -0.39 is 5.91 Å². The molecule has 0 radical (unpaired) electrons. The summed E-state index contributed by atoms with van der Waals surface area (Å²) >= 11 is 0. The van der Waals surface area contributed by atoms with Crippen LogP contribution >= 0.6 is 0 Å². The lowest BCUT2D eigenvalue weighted by molar-refractivity contribution is -0.131. The monoisotopic (exact) mass is 322 g/mol. The van der Waals surface area contributed by atoms with Crippen LogP contribution in [0.4, 0.5) is 0 Å². The van der Waals surface area contributed by atoms with Crippen molar-refractivity contribution >= 4 is 17.4 Å². The average molecular weight is 322 g/mol. The SMILES string of the molecule is NC(=O)c1ccc(OCC(=O)N2CC=C(c3ccccc3)C2)cc1. The highest BCUT2D eigenvalue weighted by Crippen LogP contribution is 2.21. The van der Waals surface area contributed by atoms with Crippen LogP contribution in [0, 0.1) is 0 Å². The first kappa shape index (κ1) is 15.8. The lowest BCUT2D eigenvalue weighted by Crippen LogP contribution is -2.33. The maximum atomic E-state index is 12.3. The third kappa shape index (κ3) is 3.63. The number of rotatable bonds is 5. The first-order chi connectivity index (χ1) is 11.6. The van der Waals surface area contributed by atoms with Gasteiger partial charge in [0.2, 0.25) is 5.91 Å². The Hall–Kier alpha value is -3.08. The molecule has 1 aliphatic heterocycles. The molecule has 5 nitrogen and oxygen atoms in total. The Kier molecular flexibility index (Phi) is 4.61. The van der Waals surface area contributed by atoms with Gasteiger partial charge >= 0.3 is 0 Å². The molecule has 1 heterocycles. The average Bonchev–Trinajstić information content (AvgIpc) is 3.11. The van der Waals surface area contributed by atoms with E-state index in [2.05, 4.69) is 6.08 Å². The van der Waals surface area contributed by atoms with Crippen molar-refractivity contribution in [2.24, 2.45) is 5.73 Å². The number of benzene rings is 2. The summed E-state index contributed by atoms with van der Waals surface area (Å²) in [6.07, 6.45) is 2.06. The molecule has 2 aromatic rings. The van der Waals surface area contributed by atoms with E-state index in [4.69, 9.17) is 10.5 Å². The van der Waals surface area contributed by atoms with Crippen LogP contribution in [0.3, 0.4) is 0 Å². The fraction of sp³-hybridized carbons (Fsp3) is 0.158. The second-order valence-electron chi connectivity index (χ2n) is 5.55. The van der Waals surface area contributed by atoms with Gasteiger partial charge in [-0.25, -0.2) is 0 Å². The third-order valence-electron chi connectivity index (χ3n) is 3.92. The third-order valence-corrected chi connectivity index (χ3v) is 3.92. The molecule has 0 unspecified atom stereocenters. The van der Waals surface area contributed by atoms with Gasteiger partial charge in [-0.05, 0) is 35.4 Å². The number of nitrogens with two attached hydrogens (primary N) is 1.